The summed E-state index contributed by atoms with van der Waals surface area (Å²) in [6, 6.07) is 0. The highest BCUT2D eigenvalue weighted by Crippen LogP contribution is 2.45. The Morgan fingerprint density at radius 3 is 2.47 bits per heavy atom. The fraction of sp³-hybridized carbons (Fsp3) is 0.800. The summed E-state index contributed by atoms with van der Waals surface area (Å²) in [6.45, 7) is 2.94. The highest BCUT2D eigenvalue weighted by Gasteiger charge is 2.49. The number of nitrogens with one attached hydrogen (secondary N) is 1. The summed E-state index contributed by atoms with van der Waals surface area (Å²) in [5.74, 6) is -0.127. The van der Waals surface area contributed by atoms with Crippen LogP contribution < -0.4 is 11.1 Å². The second-order valence-electron chi connectivity index (χ2n) is 4.10. The summed E-state index contributed by atoms with van der Waals surface area (Å²) < 4.78 is 0. The molecule has 0 bridgehead atoms. The van der Waals surface area contributed by atoms with E-state index in [2.05, 4.69) is 5.32 Å². The van der Waals surface area contributed by atoms with Gasteiger partial charge in [0.1, 0.15) is 0 Å². The van der Waals surface area contributed by atoms with Gasteiger partial charge in [0.25, 0.3) is 0 Å². The second kappa shape index (κ2) is 4.61. The normalized spacial score (nSPS) is 17.0. The molecule has 0 saturated heterocycles. The predicted molar refractivity (Wildman–Crippen MR) is 57.0 cm³/mol. The van der Waals surface area contributed by atoms with Crippen LogP contribution in [-0.4, -0.2) is 43.4 Å². The largest absolute Gasteiger partial charge is 0.355 e. The van der Waals surface area contributed by atoms with Gasteiger partial charge in [0.05, 0.1) is 12.0 Å². The Hall–Kier alpha value is -1.10. The zero-order valence-electron chi connectivity index (χ0n) is 9.38. The number of nitrogens with two attached hydrogens (primary N) is 1. The van der Waals surface area contributed by atoms with Crippen molar-refractivity contribution in [1.82, 2.24) is 10.2 Å². The molecule has 5 nitrogen and oxygen atoms in total. The Morgan fingerprint density at radius 1 is 1.47 bits per heavy atom. The van der Waals surface area contributed by atoms with Gasteiger partial charge in [-0.3, -0.25) is 9.59 Å². The summed E-state index contributed by atoms with van der Waals surface area (Å²) in [5, 5.41) is 2.66. The van der Waals surface area contributed by atoms with Crippen molar-refractivity contribution < 1.29 is 9.59 Å². The summed E-state index contributed by atoms with van der Waals surface area (Å²) in [6.07, 6.45) is 1.70. The van der Waals surface area contributed by atoms with E-state index in [1.165, 1.54) is 4.90 Å². The number of carbonyl (C=O) groups excluding carboxylic acids is 2. The van der Waals surface area contributed by atoms with Gasteiger partial charge in [-0.25, -0.2) is 0 Å². The van der Waals surface area contributed by atoms with Crippen LogP contribution in [0.4, 0.5) is 0 Å². The molecule has 0 spiro atoms. The van der Waals surface area contributed by atoms with E-state index < -0.39 is 0 Å². The van der Waals surface area contributed by atoms with E-state index in [9.17, 15) is 9.59 Å². The van der Waals surface area contributed by atoms with E-state index in [-0.39, 0.29) is 23.8 Å². The number of nitrogens with zero attached hydrogens (tertiary/aromatic N) is 1. The third-order valence-electron chi connectivity index (χ3n) is 2.80. The van der Waals surface area contributed by atoms with Crippen molar-refractivity contribution in [3.8, 4) is 0 Å². The lowest BCUT2D eigenvalue weighted by molar-refractivity contribution is -0.138. The predicted octanol–water partition coefficient (Wildman–Crippen LogP) is -0.680. The van der Waals surface area contributed by atoms with Crippen molar-refractivity contribution in [2.24, 2.45) is 11.1 Å². The summed E-state index contributed by atoms with van der Waals surface area (Å²) in [7, 11) is 1.65. The lowest BCUT2D eigenvalue weighted by Crippen LogP contribution is -2.43. The molecular formula is C10H19N3O2. The highest BCUT2D eigenvalue weighted by molar-refractivity contribution is 5.89. The fourth-order valence-electron chi connectivity index (χ4n) is 1.60. The number of likely N-dealkylation sites (N-methyl/N-ethyl adjacent to an activating group) is 2. The van der Waals surface area contributed by atoms with Gasteiger partial charge in [-0.2, -0.15) is 0 Å². The van der Waals surface area contributed by atoms with Crippen molar-refractivity contribution in [3.05, 3.63) is 0 Å². The molecule has 86 valence electrons. The minimum absolute atomic E-state index is 0.00347. The third-order valence-corrected chi connectivity index (χ3v) is 2.80. The van der Waals surface area contributed by atoms with Crippen molar-refractivity contribution >= 4 is 11.8 Å². The molecular weight excluding hydrogens is 194 g/mol. The Kier molecular flexibility index (Phi) is 3.68. The van der Waals surface area contributed by atoms with Crippen LogP contribution in [0.3, 0.4) is 0 Å². The summed E-state index contributed by atoms with van der Waals surface area (Å²) >= 11 is 0. The second-order valence-corrected chi connectivity index (χ2v) is 4.10. The lowest BCUT2D eigenvalue weighted by Gasteiger charge is -2.21. The Morgan fingerprint density at radius 2 is 2.07 bits per heavy atom. The third kappa shape index (κ3) is 2.68. The molecule has 0 aromatic rings. The molecule has 0 aromatic carbocycles. The van der Waals surface area contributed by atoms with E-state index >= 15 is 0 Å². The van der Waals surface area contributed by atoms with Crippen molar-refractivity contribution in [1.29, 1.82) is 0 Å². The fourth-order valence-corrected chi connectivity index (χ4v) is 1.60. The topological polar surface area (TPSA) is 75.4 Å². The number of carbonyl (C=O) groups is 2. The molecule has 3 N–H and O–H groups in total. The molecule has 1 aliphatic rings. The average Bonchev–Trinajstić information content (AvgIpc) is 2.97. The van der Waals surface area contributed by atoms with Gasteiger partial charge in [0.2, 0.25) is 11.8 Å². The standard InChI is InChI=1S/C10H19N3O2/c1-3-12-8(14)6-13(2)9(15)10(7-11)4-5-10/h3-7,11H2,1-2H3,(H,12,14). The van der Waals surface area contributed by atoms with Gasteiger partial charge in [0, 0.05) is 20.1 Å². The maximum atomic E-state index is 11.9. The molecule has 0 unspecified atom stereocenters. The van der Waals surface area contributed by atoms with Crippen LogP contribution in [0.2, 0.25) is 0 Å². The van der Waals surface area contributed by atoms with Gasteiger partial charge in [0.15, 0.2) is 0 Å². The number of rotatable bonds is 5. The van der Waals surface area contributed by atoms with Gasteiger partial charge in [-0.15, -0.1) is 0 Å². The molecule has 0 atom stereocenters. The molecule has 0 heterocycles. The van der Waals surface area contributed by atoms with E-state index in [0.29, 0.717) is 13.1 Å². The molecule has 15 heavy (non-hydrogen) atoms. The molecule has 1 aliphatic carbocycles. The minimum Gasteiger partial charge on any atom is -0.355 e. The number of amides is 2. The number of hydrogen-bond donors (Lipinski definition) is 2. The Labute approximate surface area is 90.0 Å². The van der Waals surface area contributed by atoms with Gasteiger partial charge in [-0.05, 0) is 19.8 Å². The van der Waals surface area contributed by atoms with E-state index in [1.807, 2.05) is 6.92 Å². The van der Waals surface area contributed by atoms with Crippen LogP contribution in [0.1, 0.15) is 19.8 Å². The number of hydrogen-bond acceptors (Lipinski definition) is 3. The molecule has 2 amide bonds. The van der Waals surface area contributed by atoms with Crippen LogP contribution in [0.5, 0.6) is 0 Å². The highest BCUT2D eigenvalue weighted by atomic mass is 16.2. The van der Waals surface area contributed by atoms with E-state index in [4.69, 9.17) is 5.73 Å². The van der Waals surface area contributed by atoms with Crippen molar-refractivity contribution in [2.75, 3.05) is 26.7 Å². The van der Waals surface area contributed by atoms with E-state index in [1.54, 1.807) is 7.05 Å². The molecule has 1 rings (SSSR count). The Balaban J connectivity index is 2.43. The maximum absolute atomic E-state index is 11.9. The molecule has 0 aliphatic heterocycles. The van der Waals surface area contributed by atoms with E-state index in [0.717, 1.165) is 12.8 Å². The quantitative estimate of drug-likeness (QED) is 0.635. The molecule has 5 heteroatoms. The van der Waals surface area contributed by atoms with Crippen LogP contribution in [0.15, 0.2) is 0 Å². The van der Waals surface area contributed by atoms with Crippen molar-refractivity contribution in [3.63, 3.8) is 0 Å². The van der Waals surface area contributed by atoms with Crippen LogP contribution in [-0.2, 0) is 9.59 Å². The lowest BCUT2D eigenvalue weighted by atomic mass is 10.1. The smallest absolute Gasteiger partial charge is 0.239 e. The van der Waals surface area contributed by atoms with Crippen LogP contribution >= 0.6 is 0 Å². The zero-order chi connectivity index (χ0) is 11.5. The summed E-state index contributed by atoms with van der Waals surface area (Å²) in [5.41, 5.74) is 5.19. The van der Waals surface area contributed by atoms with Gasteiger partial charge in [-0.1, -0.05) is 0 Å². The first-order valence-electron chi connectivity index (χ1n) is 5.28. The summed E-state index contributed by atoms with van der Waals surface area (Å²) in [4.78, 5) is 24.6. The first-order chi connectivity index (χ1) is 7.05. The molecule has 0 radical (unpaired) electrons. The molecule has 1 saturated carbocycles. The van der Waals surface area contributed by atoms with Crippen LogP contribution in [0, 0.1) is 5.41 Å². The van der Waals surface area contributed by atoms with Crippen molar-refractivity contribution in [2.45, 2.75) is 19.8 Å². The Bertz CT molecular complexity index is 261. The SMILES string of the molecule is CCNC(=O)CN(C)C(=O)C1(CN)CC1. The first-order valence-corrected chi connectivity index (χ1v) is 5.28. The zero-order valence-corrected chi connectivity index (χ0v) is 9.38. The maximum Gasteiger partial charge on any atom is 0.239 e. The van der Waals surface area contributed by atoms with Crippen LogP contribution in [0.25, 0.3) is 0 Å². The molecule has 0 aromatic heterocycles. The van der Waals surface area contributed by atoms with Gasteiger partial charge >= 0.3 is 0 Å². The minimum atomic E-state index is -0.360. The van der Waals surface area contributed by atoms with Gasteiger partial charge < -0.3 is 16.0 Å². The molecule has 1 fully saturated rings. The average molecular weight is 213 g/mol. The monoisotopic (exact) mass is 213 g/mol. The first kappa shape index (κ1) is 12.0.